The molecular weight excluding hydrogens is 378 g/mol. The first-order chi connectivity index (χ1) is 10.7. The van der Waals surface area contributed by atoms with Crippen LogP contribution in [0.5, 0.6) is 5.75 Å². The van der Waals surface area contributed by atoms with Gasteiger partial charge in [-0.05, 0) is 71.6 Å². The number of benzene rings is 2. The van der Waals surface area contributed by atoms with Crippen molar-refractivity contribution >= 4 is 26.0 Å². The van der Waals surface area contributed by atoms with Gasteiger partial charge in [0.25, 0.3) is 0 Å². The van der Waals surface area contributed by atoms with Crippen LogP contribution < -0.4 is 9.46 Å². The van der Waals surface area contributed by atoms with Gasteiger partial charge in [0.05, 0.1) is 16.5 Å². The molecule has 1 atom stereocenters. The Labute approximate surface area is 146 Å². The lowest BCUT2D eigenvalue weighted by Gasteiger charge is -2.17. The summed E-state index contributed by atoms with van der Waals surface area (Å²) in [6.45, 7) is 5.49. The van der Waals surface area contributed by atoms with E-state index >= 15 is 0 Å². The molecule has 1 unspecified atom stereocenters. The second-order valence-corrected chi connectivity index (χ2v) is 8.04. The molecule has 2 aromatic rings. The number of halogens is 1. The van der Waals surface area contributed by atoms with E-state index in [2.05, 4.69) is 20.7 Å². The minimum Gasteiger partial charge on any atom is -0.496 e. The van der Waals surface area contributed by atoms with Gasteiger partial charge >= 0.3 is 0 Å². The number of rotatable bonds is 5. The van der Waals surface area contributed by atoms with Crippen molar-refractivity contribution in [2.24, 2.45) is 0 Å². The second-order valence-electron chi connectivity index (χ2n) is 5.51. The van der Waals surface area contributed by atoms with Crippen molar-refractivity contribution < 1.29 is 13.2 Å². The maximum absolute atomic E-state index is 12.6. The Morgan fingerprint density at radius 2 is 1.83 bits per heavy atom. The van der Waals surface area contributed by atoms with E-state index < -0.39 is 10.0 Å². The summed E-state index contributed by atoms with van der Waals surface area (Å²) in [5.41, 5.74) is 2.49. The average molecular weight is 398 g/mol. The molecule has 23 heavy (non-hydrogen) atoms. The van der Waals surface area contributed by atoms with Gasteiger partial charge in [-0.3, -0.25) is 0 Å². The number of nitrogens with one attached hydrogen (secondary N) is 1. The molecule has 0 aromatic heterocycles. The molecule has 0 amide bonds. The highest BCUT2D eigenvalue weighted by Gasteiger charge is 2.21. The van der Waals surface area contributed by atoms with Crippen molar-refractivity contribution in [1.82, 2.24) is 4.72 Å². The molecule has 0 aliphatic carbocycles. The SMILES string of the molecule is COc1ccc(C(C)NS(=O)(=O)c2cc(C)ccc2C)cc1Br. The molecule has 0 spiro atoms. The standard InChI is InChI=1S/C17H20BrNO3S/c1-11-5-6-12(2)17(9-11)23(20,21)19-13(3)14-7-8-16(22-4)15(18)10-14/h5-10,13,19H,1-4H3. The van der Waals surface area contributed by atoms with Crippen LogP contribution in [0.15, 0.2) is 45.8 Å². The first-order valence-corrected chi connectivity index (χ1v) is 9.45. The summed E-state index contributed by atoms with van der Waals surface area (Å²) >= 11 is 3.42. The van der Waals surface area contributed by atoms with Crippen LogP contribution >= 0.6 is 15.9 Å². The number of hydrogen-bond acceptors (Lipinski definition) is 3. The van der Waals surface area contributed by atoms with Gasteiger partial charge < -0.3 is 4.74 Å². The van der Waals surface area contributed by atoms with Gasteiger partial charge in [-0.1, -0.05) is 18.2 Å². The molecule has 124 valence electrons. The molecule has 0 saturated carbocycles. The van der Waals surface area contributed by atoms with E-state index in [0.717, 1.165) is 21.2 Å². The smallest absolute Gasteiger partial charge is 0.241 e. The number of ether oxygens (including phenoxy) is 1. The molecule has 1 N–H and O–H groups in total. The largest absolute Gasteiger partial charge is 0.496 e. The molecule has 0 radical (unpaired) electrons. The zero-order valence-corrected chi connectivity index (χ0v) is 16.0. The summed E-state index contributed by atoms with van der Waals surface area (Å²) < 4.78 is 34.0. The van der Waals surface area contributed by atoms with Crippen molar-refractivity contribution in [3.05, 3.63) is 57.6 Å². The zero-order valence-electron chi connectivity index (χ0n) is 13.6. The van der Waals surface area contributed by atoms with Crippen molar-refractivity contribution in [2.45, 2.75) is 31.7 Å². The topological polar surface area (TPSA) is 55.4 Å². The fourth-order valence-corrected chi connectivity index (χ4v) is 4.43. The molecule has 0 bridgehead atoms. The lowest BCUT2D eigenvalue weighted by Crippen LogP contribution is -2.27. The van der Waals surface area contributed by atoms with Gasteiger partial charge in [-0.25, -0.2) is 13.1 Å². The van der Waals surface area contributed by atoms with E-state index in [1.165, 1.54) is 0 Å². The summed E-state index contributed by atoms with van der Waals surface area (Å²) in [7, 11) is -2.00. The van der Waals surface area contributed by atoms with Gasteiger partial charge in [0, 0.05) is 6.04 Å². The van der Waals surface area contributed by atoms with Gasteiger partial charge in [0.1, 0.15) is 5.75 Å². The molecule has 0 aliphatic heterocycles. The van der Waals surface area contributed by atoms with Crippen LogP contribution in [0.25, 0.3) is 0 Å². The summed E-state index contributed by atoms with van der Waals surface area (Å²) in [6, 6.07) is 10.6. The van der Waals surface area contributed by atoms with E-state index in [4.69, 9.17) is 4.74 Å². The van der Waals surface area contributed by atoms with Crippen LogP contribution in [0, 0.1) is 13.8 Å². The summed E-state index contributed by atoms with van der Waals surface area (Å²) in [5.74, 6) is 0.707. The van der Waals surface area contributed by atoms with E-state index in [0.29, 0.717) is 10.6 Å². The fourth-order valence-electron chi connectivity index (χ4n) is 2.31. The van der Waals surface area contributed by atoms with Crippen LogP contribution in [0.4, 0.5) is 0 Å². The average Bonchev–Trinajstić information content (AvgIpc) is 2.49. The van der Waals surface area contributed by atoms with Gasteiger partial charge in [0.2, 0.25) is 10.0 Å². The Morgan fingerprint density at radius 1 is 1.13 bits per heavy atom. The van der Waals surface area contributed by atoms with Crippen molar-refractivity contribution in [1.29, 1.82) is 0 Å². The van der Waals surface area contributed by atoms with Crippen LogP contribution in [-0.4, -0.2) is 15.5 Å². The number of hydrogen-bond donors (Lipinski definition) is 1. The second kappa shape index (κ2) is 7.03. The quantitative estimate of drug-likeness (QED) is 0.825. The number of methoxy groups -OCH3 is 1. The van der Waals surface area contributed by atoms with Gasteiger partial charge in [-0.2, -0.15) is 0 Å². The summed E-state index contributed by atoms with van der Waals surface area (Å²) in [5, 5.41) is 0. The van der Waals surface area contributed by atoms with Gasteiger partial charge in [-0.15, -0.1) is 0 Å². The highest BCUT2D eigenvalue weighted by molar-refractivity contribution is 9.10. The maximum atomic E-state index is 12.6. The minimum absolute atomic E-state index is 0.317. The molecule has 2 rings (SSSR count). The summed E-state index contributed by atoms with van der Waals surface area (Å²) in [4.78, 5) is 0.317. The first-order valence-electron chi connectivity index (χ1n) is 7.17. The molecule has 0 fully saturated rings. The molecular formula is C17H20BrNO3S. The normalized spacial score (nSPS) is 12.9. The fraction of sp³-hybridized carbons (Fsp3) is 0.294. The van der Waals surface area contributed by atoms with E-state index in [1.807, 2.05) is 44.2 Å². The molecule has 0 heterocycles. The van der Waals surface area contributed by atoms with Crippen molar-refractivity contribution in [2.75, 3.05) is 7.11 Å². The van der Waals surface area contributed by atoms with Gasteiger partial charge in [0.15, 0.2) is 0 Å². The Balaban J connectivity index is 2.29. The van der Waals surface area contributed by atoms with Crippen LogP contribution in [0.3, 0.4) is 0 Å². The summed E-state index contributed by atoms with van der Waals surface area (Å²) in [6.07, 6.45) is 0. The molecule has 0 aliphatic rings. The Bertz CT molecular complexity index is 819. The Morgan fingerprint density at radius 3 is 2.43 bits per heavy atom. The Kier molecular flexibility index (Phi) is 5.49. The monoisotopic (exact) mass is 397 g/mol. The van der Waals surface area contributed by atoms with Crippen LogP contribution in [-0.2, 0) is 10.0 Å². The molecule has 6 heteroatoms. The third-order valence-corrected chi connectivity index (χ3v) is 5.94. The third kappa shape index (κ3) is 4.13. The number of sulfonamides is 1. The van der Waals surface area contributed by atoms with E-state index in [9.17, 15) is 8.42 Å². The number of aryl methyl sites for hydroxylation is 2. The maximum Gasteiger partial charge on any atom is 0.241 e. The lowest BCUT2D eigenvalue weighted by atomic mass is 10.1. The highest BCUT2D eigenvalue weighted by atomic mass is 79.9. The molecule has 0 saturated heterocycles. The highest BCUT2D eigenvalue weighted by Crippen LogP contribution is 2.29. The first kappa shape index (κ1) is 18.0. The lowest BCUT2D eigenvalue weighted by molar-refractivity contribution is 0.412. The predicted octanol–water partition coefficient (Wildman–Crippen LogP) is 4.11. The van der Waals surface area contributed by atoms with Crippen molar-refractivity contribution in [3.8, 4) is 5.75 Å². The minimum atomic E-state index is -3.59. The molecule has 2 aromatic carbocycles. The van der Waals surface area contributed by atoms with E-state index in [1.54, 1.807) is 20.1 Å². The van der Waals surface area contributed by atoms with Crippen LogP contribution in [0.2, 0.25) is 0 Å². The molecule has 4 nitrogen and oxygen atoms in total. The van der Waals surface area contributed by atoms with Crippen LogP contribution in [0.1, 0.15) is 29.7 Å². The zero-order chi connectivity index (χ0) is 17.2. The Hall–Kier alpha value is -1.37. The van der Waals surface area contributed by atoms with Crippen molar-refractivity contribution in [3.63, 3.8) is 0 Å². The predicted molar refractivity (Wildman–Crippen MR) is 95.3 cm³/mol. The third-order valence-electron chi connectivity index (χ3n) is 3.64. The van der Waals surface area contributed by atoms with E-state index in [-0.39, 0.29) is 6.04 Å².